The molecule has 1 aromatic carbocycles. The van der Waals surface area contributed by atoms with Crippen molar-refractivity contribution >= 4 is 29.0 Å². The number of benzene rings is 1. The summed E-state index contributed by atoms with van der Waals surface area (Å²) >= 11 is 3.10. The van der Waals surface area contributed by atoms with Crippen LogP contribution in [-0.4, -0.2) is 44.7 Å². The average molecular weight is 403 g/mol. The molecule has 3 heterocycles. The van der Waals surface area contributed by atoms with Gasteiger partial charge in [0.25, 0.3) is 5.91 Å². The van der Waals surface area contributed by atoms with Crippen molar-refractivity contribution in [3.8, 4) is 5.69 Å². The normalized spacial score (nSPS) is 17.3. The fourth-order valence-electron chi connectivity index (χ4n) is 3.43. The molecule has 0 bridgehead atoms. The van der Waals surface area contributed by atoms with E-state index in [2.05, 4.69) is 9.97 Å². The maximum Gasteiger partial charge on any atom is 0.272 e. The van der Waals surface area contributed by atoms with E-state index in [1.54, 1.807) is 34.2 Å². The van der Waals surface area contributed by atoms with E-state index in [0.29, 0.717) is 17.4 Å². The Morgan fingerprint density at radius 3 is 2.81 bits per heavy atom. The molecule has 5 nitrogen and oxygen atoms in total. The molecule has 0 spiro atoms. The van der Waals surface area contributed by atoms with E-state index < -0.39 is 0 Å². The van der Waals surface area contributed by atoms with Crippen LogP contribution in [0.4, 0.5) is 4.39 Å². The number of rotatable bonds is 4. The molecule has 0 radical (unpaired) electrons. The number of carbonyl (C=O) groups is 1. The molecular formula is C19H19FN4OS2. The zero-order valence-corrected chi connectivity index (χ0v) is 16.5. The molecule has 1 atom stereocenters. The highest BCUT2D eigenvalue weighted by atomic mass is 32.2. The van der Waals surface area contributed by atoms with Gasteiger partial charge in [0.2, 0.25) is 0 Å². The number of thioether (sulfide) groups is 1. The summed E-state index contributed by atoms with van der Waals surface area (Å²) in [6.45, 7) is 1.39. The summed E-state index contributed by atoms with van der Waals surface area (Å²) in [7, 11) is 0. The first kappa shape index (κ1) is 18.2. The van der Waals surface area contributed by atoms with Gasteiger partial charge >= 0.3 is 0 Å². The Hall–Kier alpha value is -2.19. The number of nitrogens with zero attached hydrogens (tertiary/aromatic N) is 4. The van der Waals surface area contributed by atoms with Crippen molar-refractivity contribution in [2.75, 3.05) is 19.3 Å². The van der Waals surface area contributed by atoms with Crippen molar-refractivity contribution in [1.82, 2.24) is 19.4 Å². The van der Waals surface area contributed by atoms with Crippen molar-refractivity contribution in [3.63, 3.8) is 0 Å². The molecule has 1 unspecified atom stereocenters. The van der Waals surface area contributed by atoms with Gasteiger partial charge in [-0.1, -0.05) is 11.8 Å². The highest BCUT2D eigenvalue weighted by Gasteiger charge is 2.29. The Bertz CT molecular complexity index is 924. The smallest absolute Gasteiger partial charge is 0.272 e. The van der Waals surface area contributed by atoms with Gasteiger partial charge in [-0.25, -0.2) is 14.4 Å². The largest absolute Gasteiger partial charge is 0.337 e. The maximum absolute atomic E-state index is 13.3. The van der Waals surface area contributed by atoms with Crippen molar-refractivity contribution in [2.45, 2.75) is 23.9 Å². The van der Waals surface area contributed by atoms with Crippen molar-refractivity contribution in [2.24, 2.45) is 0 Å². The van der Waals surface area contributed by atoms with Crippen LogP contribution in [0.1, 0.15) is 34.3 Å². The maximum atomic E-state index is 13.3. The summed E-state index contributed by atoms with van der Waals surface area (Å²) in [6.07, 6.45) is 7.34. The highest BCUT2D eigenvalue weighted by molar-refractivity contribution is 7.98. The predicted molar refractivity (Wildman–Crippen MR) is 105 cm³/mol. The number of thiazole rings is 1. The summed E-state index contributed by atoms with van der Waals surface area (Å²) in [4.78, 5) is 24.0. The molecule has 4 rings (SSSR count). The Labute approximate surface area is 165 Å². The first-order chi connectivity index (χ1) is 13.2. The first-order valence-corrected chi connectivity index (χ1v) is 10.8. The molecule has 0 saturated carbocycles. The predicted octanol–water partition coefficient (Wildman–Crippen LogP) is 4.21. The number of imidazole rings is 1. The standard InChI is InChI=1S/C19H19FN4OS2/c1-26-19-22-11-16(24(19)15-6-4-14(20)5-7-15)18(25)23-9-2-3-13(12-23)17-21-8-10-27-17/h4-8,10-11,13H,2-3,9,12H2,1H3. The second-order valence-electron chi connectivity index (χ2n) is 6.40. The van der Waals surface area contributed by atoms with Gasteiger partial charge in [0.05, 0.1) is 11.2 Å². The average Bonchev–Trinajstić information content (AvgIpc) is 3.38. The van der Waals surface area contributed by atoms with Crippen LogP contribution in [0.15, 0.2) is 47.2 Å². The summed E-state index contributed by atoms with van der Waals surface area (Å²) < 4.78 is 15.1. The molecule has 8 heteroatoms. The highest BCUT2D eigenvalue weighted by Crippen LogP contribution is 2.30. The van der Waals surface area contributed by atoms with E-state index in [1.807, 2.05) is 22.7 Å². The molecule has 1 aliphatic heterocycles. The second-order valence-corrected chi connectivity index (χ2v) is 8.10. The number of aromatic nitrogens is 3. The zero-order chi connectivity index (χ0) is 18.8. The van der Waals surface area contributed by atoms with Gasteiger partial charge in [0, 0.05) is 36.3 Å². The minimum absolute atomic E-state index is 0.0478. The van der Waals surface area contributed by atoms with Gasteiger partial charge in [0.1, 0.15) is 11.5 Å². The molecule has 27 heavy (non-hydrogen) atoms. The van der Waals surface area contributed by atoms with Crippen LogP contribution in [-0.2, 0) is 0 Å². The third-order valence-electron chi connectivity index (χ3n) is 4.73. The summed E-state index contributed by atoms with van der Waals surface area (Å²) in [5.74, 6) is -0.0712. The number of piperidine rings is 1. The van der Waals surface area contributed by atoms with Crippen LogP contribution in [0.5, 0.6) is 0 Å². The first-order valence-electron chi connectivity index (χ1n) is 8.73. The van der Waals surface area contributed by atoms with E-state index in [4.69, 9.17) is 0 Å². The number of amides is 1. The monoisotopic (exact) mass is 402 g/mol. The zero-order valence-electron chi connectivity index (χ0n) is 14.8. The molecule has 1 aliphatic rings. The molecule has 1 amide bonds. The van der Waals surface area contributed by atoms with E-state index >= 15 is 0 Å². The minimum atomic E-state index is -0.306. The van der Waals surface area contributed by atoms with Crippen LogP contribution in [0.3, 0.4) is 0 Å². The third-order valence-corrected chi connectivity index (χ3v) is 6.32. The number of halogens is 1. The van der Waals surface area contributed by atoms with Crippen LogP contribution in [0.25, 0.3) is 5.69 Å². The Morgan fingerprint density at radius 2 is 2.11 bits per heavy atom. The van der Waals surface area contributed by atoms with E-state index in [-0.39, 0.29) is 17.6 Å². The molecule has 3 aromatic rings. The third kappa shape index (κ3) is 3.64. The molecule has 0 N–H and O–H groups in total. The molecule has 140 valence electrons. The Kier molecular flexibility index (Phi) is 5.27. The van der Waals surface area contributed by atoms with Crippen molar-refractivity contribution in [3.05, 3.63) is 58.6 Å². The van der Waals surface area contributed by atoms with Crippen LogP contribution < -0.4 is 0 Å². The number of hydrogen-bond donors (Lipinski definition) is 0. The summed E-state index contributed by atoms with van der Waals surface area (Å²) in [6, 6.07) is 6.13. The van der Waals surface area contributed by atoms with E-state index in [1.165, 1.54) is 23.9 Å². The number of hydrogen-bond acceptors (Lipinski definition) is 5. The van der Waals surface area contributed by atoms with Crippen molar-refractivity contribution < 1.29 is 9.18 Å². The van der Waals surface area contributed by atoms with Gasteiger partial charge in [-0.2, -0.15) is 0 Å². The summed E-state index contributed by atoms with van der Waals surface area (Å²) in [5.41, 5.74) is 1.24. The lowest BCUT2D eigenvalue weighted by atomic mass is 9.98. The van der Waals surface area contributed by atoms with Crippen molar-refractivity contribution in [1.29, 1.82) is 0 Å². The topological polar surface area (TPSA) is 51.0 Å². The fraction of sp³-hybridized carbons (Fsp3) is 0.316. The Balaban J connectivity index is 1.64. The molecule has 1 saturated heterocycles. The minimum Gasteiger partial charge on any atom is -0.337 e. The van der Waals surface area contributed by atoms with Gasteiger partial charge in [0.15, 0.2) is 5.16 Å². The van der Waals surface area contributed by atoms with Gasteiger partial charge in [-0.05, 0) is 43.4 Å². The lowest BCUT2D eigenvalue weighted by Gasteiger charge is -2.32. The quantitative estimate of drug-likeness (QED) is 0.614. The molecule has 2 aromatic heterocycles. The van der Waals surface area contributed by atoms with Crippen LogP contribution >= 0.6 is 23.1 Å². The fourth-order valence-corrected chi connectivity index (χ4v) is 4.74. The van der Waals surface area contributed by atoms with E-state index in [9.17, 15) is 9.18 Å². The van der Waals surface area contributed by atoms with Gasteiger partial charge in [-0.15, -0.1) is 11.3 Å². The number of carbonyl (C=O) groups excluding carboxylic acids is 1. The van der Waals surface area contributed by atoms with E-state index in [0.717, 1.165) is 30.1 Å². The lowest BCUT2D eigenvalue weighted by molar-refractivity contribution is 0.0698. The molecular weight excluding hydrogens is 383 g/mol. The SMILES string of the molecule is CSc1ncc(C(=O)N2CCCC(c3nccs3)C2)n1-c1ccc(F)cc1. The lowest BCUT2D eigenvalue weighted by Crippen LogP contribution is -2.39. The molecule has 0 aliphatic carbocycles. The second kappa shape index (κ2) is 7.82. The van der Waals surface area contributed by atoms with Crippen LogP contribution in [0, 0.1) is 5.82 Å². The van der Waals surface area contributed by atoms with Gasteiger partial charge in [-0.3, -0.25) is 9.36 Å². The Morgan fingerprint density at radius 1 is 1.30 bits per heavy atom. The molecule has 1 fully saturated rings. The summed E-state index contributed by atoms with van der Waals surface area (Å²) in [5, 5.41) is 3.77. The van der Waals surface area contributed by atoms with Gasteiger partial charge < -0.3 is 4.90 Å². The van der Waals surface area contributed by atoms with Crippen LogP contribution in [0.2, 0.25) is 0 Å². The number of likely N-dealkylation sites (tertiary alicyclic amines) is 1.